The molecule has 1 N–H and O–H groups in total. The fourth-order valence-corrected chi connectivity index (χ4v) is 2.97. The number of aromatic nitrogens is 1. The van der Waals surface area contributed by atoms with Gasteiger partial charge in [0.15, 0.2) is 0 Å². The van der Waals surface area contributed by atoms with Crippen molar-refractivity contribution in [2.24, 2.45) is 0 Å². The van der Waals surface area contributed by atoms with E-state index >= 15 is 0 Å². The van der Waals surface area contributed by atoms with E-state index in [2.05, 4.69) is 23.6 Å². The molecule has 5 heteroatoms. The van der Waals surface area contributed by atoms with Crippen molar-refractivity contribution in [1.82, 2.24) is 9.71 Å². The Labute approximate surface area is 105 Å². The van der Waals surface area contributed by atoms with E-state index in [1.807, 2.05) is 26.2 Å². The highest BCUT2D eigenvalue weighted by Gasteiger charge is 2.37. The second kappa shape index (κ2) is 5.04. The van der Waals surface area contributed by atoms with Crippen molar-refractivity contribution in [2.45, 2.75) is 51.3 Å². The molecule has 0 saturated carbocycles. The Morgan fingerprint density at radius 1 is 1.44 bits per heavy atom. The first-order valence-electron chi connectivity index (χ1n) is 5.39. The summed E-state index contributed by atoms with van der Waals surface area (Å²) in [6, 6.07) is 0. The summed E-state index contributed by atoms with van der Waals surface area (Å²) in [7, 11) is 0. The second-order valence-electron chi connectivity index (χ2n) is 5.01. The molecule has 0 aromatic carbocycles. The molecule has 3 nitrogen and oxygen atoms in total. The van der Waals surface area contributed by atoms with Crippen LogP contribution in [0.1, 0.15) is 46.0 Å². The summed E-state index contributed by atoms with van der Waals surface area (Å²) in [6.45, 7) is 10.0. The van der Waals surface area contributed by atoms with Gasteiger partial charge in [-0.2, -0.15) is 0 Å². The minimum atomic E-state index is -1.07. The number of hydrogen-bond acceptors (Lipinski definition) is 4. The zero-order chi connectivity index (χ0) is 12.4. The zero-order valence-electron chi connectivity index (χ0n) is 10.5. The number of nitrogens with one attached hydrogen (secondary N) is 1. The van der Waals surface area contributed by atoms with Gasteiger partial charge in [0.1, 0.15) is 15.3 Å². The normalized spacial score (nSPS) is 18.1. The predicted molar refractivity (Wildman–Crippen MR) is 70.8 cm³/mol. The highest BCUT2D eigenvalue weighted by atomic mass is 32.2. The maximum atomic E-state index is 12.1. The van der Waals surface area contributed by atoms with Gasteiger partial charge in [-0.25, -0.2) is 4.98 Å². The molecule has 1 rings (SSSR count). The Hall–Kier alpha value is -0.100. The Kier molecular flexibility index (Phi) is 4.40. The molecule has 0 radical (unpaired) electrons. The van der Waals surface area contributed by atoms with E-state index in [-0.39, 0.29) is 10.3 Å². The summed E-state index contributed by atoms with van der Waals surface area (Å²) >= 11 is 0.524. The van der Waals surface area contributed by atoms with E-state index in [4.69, 9.17) is 0 Å². The molecule has 0 saturated heterocycles. The summed E-state index contributed by atoms with van der Waals surface area (Å²) in [6.07, 6.45) is 2.65. The van der Waals surface area contributed by atoms with Gasteiger partial charge in [0.2, 0.25) is 0 Å². The average Bonchev–Trinajstić information content (AvgIpc) is 2.69. The summed E-state index contributed by atoms with van der Waals surface area (Å²) in [5.41, 5.74) is -0.299. The van der Waals surface area contributed by atoms with Crippen molar-refractivity contribution in [3.05, 3.63) is 16.6 Å². The second-order valence-corrected chi connectivity index (χ2v) is 7.87. The molecule has 0 aliphatic heterocycles. The molecular formula is C11H20N2OS2. The summed E-state index contributed by atoms with van der Waals surface area (Å²) < 4.78 is 15.1. The molecule has 0 aliphatic carbocycles. The maximum Gasteiger partial charge on any atom is 0.136 e. The van der Waals surface area contributed by atoms with E-state index < -0.39 is 11.4 Å². The Morgan fingerprint density at radius 2 is 2.06 bits per heavy atom. The lowest BCUT2D eigenvalue weighted by atomic mass is 10.0. The monoisotopic (exact) mass is 260 g/mol. The van der Waals surface area contributed by atoms with Gasteiger partial charge < -0.3 is 4.55 Å². The van der Waals surface area contributed by atoms with Gasteiger partial charge in [0.25, 0.3) is 0 Å². The van der Waals surface area contributed by atoms with Crippen LogP contribution in [-0.2, 0) is 16.9 Å². The molecule has 0 spiro atoms. The van der Waals surface area contributed by atoms with Crippen molar-refractivity contribution in [3.8, 4) is 0 Å². The van der Waals surface area contributed by atoms with Crippen molar-refractivity contribution in [1.29, 1.82) is 0 Å². The van der Waals surface area contributed by atoms with E-state index in [1.165, 1.54) is 0 Å². The molecule has 1 aromatic rings. The van der Waals surface area contributed by atoms with Crippen LogP contribution < -0.4 is 4.72 Å². The first kappa shape index (κ1) is 14.0. The SMILES string of the molecule is CCC(C)(N[S@+]([O-])C(C)(C)C)c1nccs1. The van der Waals surface area contributed by atoms with Crippen LogP contribution in [0.2, 0.25) is 0 Å². The van der Waals surface area contributed by atoms with E-state index in [1.54, 1.807) is 17.5 Å². The van der Waals surface area contributed by atoms with Crippen molar-refractivity contribution in [3.63, 3.8) is 0 Å². The van der Waals surface area contributed by atoms with Gasteiger partial charge in [0.05, 0.1) is 0 Å². The van der Waals surface area contributed by atoms with Crippen molar-refractivity contribution >= 4 is 22.7 Å². The molecule has 16 heavy (non-hydrogen) atoms. The summed E-state index contributed by atoms with van der Waals surface area (Å²) in [5.74, 6) is 0. The van der Waals surface area contributed by atoms with E-state index in [0.717, 1.165) is 11.4 Å². The first-order chi connectivity index (χ1) is 7.29. The fraction of sp³-hybridized carbons (Fsp3) is 0.727. The lowest BCUT2D eigenvalue weighted by Gasteiger charge is -2.32. The van der Waals surface area contributed by atoms with Crippen LogP contribution in [0.25, 0.3) is 0 Å². The molecule has 92 valence electrons. The quantitative estimate of drug-likeness (QED) is 0.847. The van der Waals surface area contributed by atoms with Gasteiger partial charge in [-0.15, -0.1) is 16.1 Å². The maximum absolute atomic E-state index is 12.1. The van der Waals surface area contributed by atoms with Gasteiger partial charge in [-0.05, 0) is 34.1 Å². The molecule has 0 amide bonds. The van der Waals surface area contributed by atoms with Gasteiger partial charge >= 0.3 is 0 Å². The number of nitrogens with zero attached hydrogens (tertiary/aromatic N) is 1. The van der Waals surface area contributed by atoms with Crippen LogP contribution in [0.4, 0.5) is 0 Å². The summed E-state index contributed by atoms with van der Waals surface area (Å²) in [4.78, 5) is 4.32. The minimum absolute atomic E-state index is 0.256. The highest BCUT2D eigenvalue weighted by molar-refractivity contribution is 7.90. The van der Waals surface area contributed by atoms with Crippen LogP contribution in [0.3, 0.4) is 0 Å². The molecule has 0 fully saturated rings. The fourth-order valence-electron chi connectivity index (χ4n) is 1.12. The predicted octanol–water partition coefficient (Wildman–Crippen LogP) is 2.82. The van der Waals surface area contributed by atoms with E-state index in [9.17, 15) is 4.55 Å². The Bertz CT molecular complexity index is 321. The van der Waals surface area contributed by atoms with Crippen LogP contribution in [0, 0.1) is 0 Å². The number of hydrogen-bond donors (Lipinski definition) is 1. The Balaban J connectivity index is 2.83. The Morgan fingerprint density at radius 3 is 2.44 bits per heavy atom. The smallest absolute Gasteiger partial charge is 0.136 e. The average molecular weight is 260 g/mol. The van der Waals surface area contributed by atoms with Crippen LogP contribution in [0.15, 0.2) is 11.6 Å². The van der Waals surface area contributed by atoms with Crippen LogP contribution in [0.5, 0.6) is 0 Å². The third kappa shape index (κ3) is 3.20. The molecule has 1 unspecified atom stereocenters. The zero-order valence-corrected chi connectivity index (χ0v) is 12.2. The third-order valence-corrected chi connectivity index (χ3v) is 5.27. The summed E-state index contributed by atoms with van der Waals surface area (Å²) in [5, 5.41) is 2.94. The largest absolute Gasteiger partial charge is 0.598 e. The number of thiazole rings is 1. The number of rotatable bonds is 4. The standard InChI is InChI=1S/C11H20N2OS2/c1-6-11(5,9-12-7-8-15-9)13-16(14)10(2,3)4/h7-8,13H,6H2,1-5H3/t11?,16-/m1/s1. The topological polar surface area (TPSA) is 48.0 Å². The molecule has 1 heterocycles. The van der Waals surface area contributed by atoms with Crippen molar-refractivity contribution < 1.29 is 4.55 Å². The molecule has 0 bridgehead atoms. The van der Waals surface area contributed by atoms with Crippen molar-refractivity contribution in [2.75, 3.05) is 0 Å². The first-order valence-corrected chi connectivity index (χ1v) is 7.42. The lowest BCUT2D eigenvalue weighted by Crippen LogP contribution is -2.49. The minimum Gasteiger partial charge on any atom is -0.598 e. The van der Waals surface area contributed by atoms with Crippen LogP contribution >= 0.6 is 11.3 Å². The van der Waals surface area contributed by atoms with Gasteiger partial charge in [-0.1, -0.05) is 6.92 Å². The van der Waals surface area contributed by atoms with Gasteiger partial charge in [0, 0.05) is 22.9 Å². The highest BCUT2D eigenvalue weighted by Crippen LogP contribution is 2.29. The molecular weight excluding hydrogens is 240 g/mol. The van der Waals surface area contributed by atoms with Crippen LogP contribution in [-0.4, -0.2) is 14.3 Å². The third-order valence-electron chi connectivity index (χ3n) is 2.49. The lowest BCUT2D eigenvalue weighted by molar-refractivity contribution is 0.406. The van der Waals surface area contributed by atoms with Gasteiger partial charge in [-0.3, -0.25) is 0 Å². The molecule has 2 atom stereocenters. The molecule has 0 aliphatic rings. The van der Waals surface area contributed by atoms with E-state index in [0.29, 0.717) is 0 Å². The molecule has 1 aromatic heterocycles.